The van der Waals surface area contributed by atoms with E-state index in [0.717, 1.165) is 31.0 Å². The Morgan fingerprint density at radius 3 is 2.50 bits per heavy atom. The van der Waals surface area contributed by atoms with Crippen LogP contribution in [0.2, 0.25) is 5.02 Å². The highest BCUT2D eigenvalue weighted by atomic mass is 35.5. The lowest BCUT2D eigenvalue weighted by Crippen LogP contribution is -2.34. The zero-order chi connectivity index (χ0) is 13.0. The molecular formula is C14H18ClNO2. The first-order valence-electron chi connectivity index (χ1n) is 6.26. The second kappa shape index (κ2) is 6.10. The van der Waals surface area contributed by atoms with Gasteiger partial charge in [-0.25, -0.2) is 0 Å². The Hall–Kier alpha value is -1.22. The molecular weight excluding hydrogens is 250 g/mol. The summed E-state index contributed by atoms with van der Waals surface area (Å²) in [5.41, 5.74) is 1.20. The van der Waals surface area contributed by atoms with Gasteiger partial charge in [-0.3, -0.25) is 4.79 Å². The largest absolute Gasteiger partial charge is 0.469 e. The molecule has 2 rings (SSSR count). The number of rotatable bonds is 3. The number of carbonyl (C=O) groups is 1. The summed E-state index contributed by atoms with van der Waals surface area (Å²) in [6.45, 7) is 1.98. The van der Waals surface area contributed by atoms with Crippen molar-refractivity contribution in [3.8, 4) is 0 Å². The molecule has 1 aromatic carbocycles. The molecule has 1 heterocycles. The average molecular weight is 268 g/mol. The van der Waals surface area contributed by atoms with Gasteiger partial charge in [-0.15, -0.1) is 0 Å². The number of carbonyl (C=O) groups excluding carboxylic acids is 1. The second-order valence-corrected chi connectivity index (χ2v) is 5.12. The molecule has 1 aromatic rings. The van der Waals surface area contributed by atoms with E-state index >= 15 is 0 Å². The molecule has 0 radical (unpaired) electrons. The summed E-state index contributed by atoms with van der Waals surface area (Å²) in [5, 5.41) is 0.763. The number of hydrogen-bond donors (Lipinski definition) is 0. The van der Waals surface area contributed by atoms with Gasteiger partial charge in [0.1, 0.15) is 0 Å². The van der Waals surface area contributed by atoms with E-state index in [1.54, 1.807) is 0 Å². The van der Waals surface area contributed by atoms with E-state index in [1.165, 1.54) is 12.8 Å². The van der Waals surface area contributed by atoms with Crippen LogP contribution in [0.4, 0.5) is 5.69 Å². The summed E-state index contributed by atoms with van der Waals surface area (Å²) in [6.07, 6.45) is 2.63. The molecule has 1 aliphatic heterocycles. The molecule has 98 valence electrons. The molecule has 1 fully saturated rings. The molecule has 0 aliphatic carbocycles. The van der Waals surface area contributed by atoms with Crippen molar-refractivity contribution in [2.75, 3.05) is 25.1 Å². The molecule has 4 heteroatoms. The van der Waals surface area contributed by atoms with Gasteiger partial charge in [0.2, 0.25) is 0 Å². The standard InChI is InChI=1S/C14H18ClNO2/c1-18-14(17)10-11-6-8-16(9-7-11)13-4-2-12(15)3-5-13/h2-5,11H,6-10H2,1H3. The van der Waals surface area contributed by atoms with Crippen LogP contribution in [0.15, 0.2) is 24.3 Å². The van der Waals surface area contributed by atoms with E-state index in [1.807, 2.05) is 24.3 Å². The second-order valence-electron chi connectivity index (χ2n) is 4.69. The zero-order valence-corrected chi connectivity index (χ0v) is 11.3. The highest BCUT2D eigenvalue weighted by Crippen LogP contribution is 2.26. The molecule has 0 N–H and O–H groups in total. The van der Waals surface area contributed by atoms with Crippen LogP contribution in [0.25, 0.3) is 0 Å². The molecule has 0 spiro atoms. The lowest BCUT2D eigenvalue weighted by Gasteiger charge is -2.33. The van der Waals surface area contributed by atoms with Crippen molar-refractivity contribution < 1.29 is 9.53 Å². The van der Waals surface area contributed by atoms with Crippen molar-refractivity contribution in [2.45, 2.75) is 19.3 Å². The van der Waals surface area contributed by atoms with Gasteiger partial charge in [0, 0.05) is 30.2 Å². The molecule has 0 amide bonds. The van der Waals surface area contributed by atoms with Gasteiger partial charge < -0.3 is 9.64 Å². The fourth-order valence-corrected chi connectivity index (χ4v) is 2.49. The van der Waals surface area contributed by atoms with E-state index in [4.69, 9.17) is 16.3 Å². The van der Waals surface area contributed by atoms with E-state index in [2.05, 4.69) is 4.90 Å². The Bertz CT molecular complexity index is 397. The van der Waals surface area contributed by atoms with Crippen LogP contribution in [0, 0.1) is 5.92 Å². The van der Waals surface area contributed by atoms with E-state index in [-0.39, 0.29) is 5.97 Å². The summed E-state index contributed by atoms with van der Waals surface area (Å²) in [4.78, 5) is 13.6. The summed E-state index contributed by atoms with van der Waals surface area (Å²) in [7, 11) is 1.45. The number of benzene rings is 1. The fourth-order valence-electron chi connectivity index (χ4n) is 2.37. The minimum absolute atomic E-state index is 0.0973. The Kier molecular flexibility index (Phi) is 4.48. The van der Waals surface area contributed by atoms with Crippen LogP contribution in [0.1, 0.15) is 19.3 Å². The number of anilines is 1. The zero-order valence-electron chi connectivity index (χ0n) is 10.6. The number of hydrogen-bond acceptors (Lipinski definition) is 3. The molecule has 0 atom stereocenters. The maximum Gasteiger partial charge on any atom is 0.305 e. The Balaban J connectivity index is 1.86. The third-order valence-electron chi connectivity index (χ3n) is 3.49. The molecule has 3 nitrogen and oxygen atoms in total. The van der Waals surface area contributed by atoms with Crippen LogP contribution in [-0.2, 0) is 9.53 Å². The van der Waals surface area contributed by atoms with Gasteiger partial charge in [0.25, 0.3) is 0 Å². The van der Waals surface area contributed by atoms with Gasteiger partial charge in [0.15, 0.2) is 0 Å². The summed E-state index contributed by atoms with van der Waals surface area (Å²) < 4.78 is 4.71. The van der Waals surface area contributed by atoms with Crippen LogP contribution < -0.4 is 4.90 Å². The average Bonchev–Trinajstić information content (AvgIpc) is 2.40. The predicted molar refractivity (Wildman–Crippen MR) is 73.0 cm³/mol. The molecule has 0 aromatic heterocycles. The van der Waals surface area contributed by atoms with Gasteiger partial charge in [0.05, 0.1) is 7.11 Å². The fraction of sp³-hybridized carbons (Fsp3) is 0.500. The highest BCUT2D eigenvalue weighted by Gasteiger charge is 2.21. The monoisotopic (exact) mass is 267 g/mol. The quantitative estimate of drug-likeness (QED) is 0.788. The Labute approximate surface area is 113 Å². The molecule has 0 bridgehead atoms. The minimum Gasteiger partial charge on any atom is -0.469 e. The number of ether oxygens (including phenoxy) is 1. The van der Waals surface area contributed by atoms with Crippen molar-refractivity contribution in [1.82, 2.24) is 0 Å². The normalized spacial score (nSPS) is 16.7. The smallest absolute Gasteiger partial charge is 0.305 e. The van der Waals surface area contributed by atoms with Gasteiger partial charge in [-0.05, 0) is 43.0 Å². The van der Waals surface area contributed by atoms with E-state index in [0.29, 0.717) is 12.3 Å². The maximum atomic E-state index is 11.2. The van der Waals surface area contributed by atoms with Crippen molar-refractivity contribution in [1.29, 1.82) is 0 Å². The van der Waals surface area contributed by atoms with Gasteiger partial charge in [-0.2, -0.15) is 0 Å². The minimum atomic E-state index is -0.0973. The third-order valence-corrected chi connectivity index (χ3v) is 3.74. The molecule has 18 heavy (non-hydrogen) atoms. The third kappa shape index (κ3) is 3.39. The van der Waals surface area contributed by atoms with Crippen molar-refractivity contribution >= 4 is 23.3 Å². The number of methoxy groups -OCH3 is 1. The van der Waals surface area contributed by atoms with E-state index < -0.39 is 0 Å². The number of halogens is 1. The highest BCUT2D eigenvalue weighted by molar-refractivity contribution is 6.30. The van der Waals surface area contributed by atoms with Crippen LogP contribution in [0.5, 0.6) is 0 Å². The van der Waals surface area contributed by atoms with Crippen molar-refractivity contribution in [3.63, 3.8) is 0 Å². The van der Waals surface area contributed by atoms with Crippen molar-refractivity contribution in [3.05, 3.63) is 29.3 Å². The summed E-state index contributed by atoms with van der Waals surface area (Å²) in [5.74, 6) is 0.362. The number of piperidine rings is 1. The topological polar surface area (TPSA) is 29.5 Å². The lowest BCUT2D eigenvalue weighted by atomic mass is 9.93. The van der Waals surface area contributed by atoms with Crippen LogP contribution in [0.3, 0.4) is 0 Å². The molecule has 1 aliphatic rings. The SMILES string of the molecule is COC(=O)CC1CCN(c2ccc(Cl)cc2)CC1. The maximum absolute atomic E-state index is 11.2. The first-order chi connectivity index (χ1) is 8.69. The lowest BCUT2D eigenvalue weighted by molar-refractivity contribution is -0.141. The van der Waals surface area contributed by atoms with E-state index in [9.17, 15) is 4.79 Å². The van der Waals surface area contributed by atoms with Crippen molar-refractivity contribution in [2.24, 2.45) is 5.92 Å². The molecule has 1 saturated heterocycles. The first kappa shape index (κ1) is 13.2. The van der Waals surface area contributed by atoms with Crippen LogP contribution >= 0.6 is 11.6 Å². The Morgan fingerprint density at radius 2 is 1.94 bits per heavy atom. The number of esters is 1. The molecule has 0 unspecified atom stereocenters. The first-order valence-corrected chi connectivity index (χ1v) is 6.64. The Morgan fingerprint density at radius 1 is 1.33 bits per heavy atom. The van der Waals surface area contributed by atoms with Gasteiger partial charge >= 0.3 is 5.97 Å². The van der Waals surface area contributed by atoms with Gasteiger partial charge in [-0.1, -0.05) is 11.6 Å². The number of nitrogens with zero attached hydrogens (tertiary/aromatic N) is 1. The molecule has 0 saturated carbocycles. The summed E-state index contributed by atoms with van der Waals surface area (Å²) >= 11 is 5.88. The predicted octanol–water partition coefficient (Wildman–Crippen LogP) is 3.12. The van der Waals surface area contributed by atoms with Crippen LogP contribution in [-0.4, -0.2) is 26.2 Å². The summed E-state index contributed by atoms with van der Waals surface area (Å²) in [6, 6.07) is 7.92.